The van der Waals surface area contributed by atoms with Gasteiger partial charge >= 0.3 is 6.03 Å². The van der Waals surface area contributed by atoms with Gasteiger partial charge in [-0.1, -0.05) is 6.07 Å². The molecule has 1 N–H and O–H groups in total. The van der Waals surface area contributed by atoms with Crippen molar-refractivity contribution in [2.45, 2.75) is 32.4 Å². The van der Waals surface area contributed by atoms with Gasteiger partial charge in [-0.2, -0.15) is 14.6 Å². The summed E-state index contributed by atoms with van der Waals surface area (Å²) in [6.45, 7) is 2.35. The van der Waals surface area contributed by atoms with Crippen molar-refractivity contribution < 1.29 is 4.79 Å². The number of carbonyl (C=O) groups excluding carboxylic acids is 1. The van der Waals surface area contributed by atoms with Gasteiger partial charge in [0.05, 0.1) is 12.2 Å². The van der Waals surface area contributed by atoms with E-state index in [9.17, 15) is 4.79 Å². The molecule has 8 nitrogen and oxygen atoms in total. The van der Waals surface area contributed by atoms with Crippen LogP contribution in [0.3, 0.4) is 0 Å². The zero-order chi connectivity index (χ0) is 16.5. The fourth-order valence-corrected chi connectivity index (χ4v) is 2.62. The van der Waals surface area contributed by atoms with Gasteiger partial charge in [0, 0.05) is 24.0 Å². The number of fused-ring (bicyclic) bond motifs is 1. The summed E-state index contributed by atoms with van der Waals surface area (Å²) in [6, 6.07) is 7.61. The lowest BCUT2D eigenvalue weighted by atomic mass is 10.3. The van der Waals surface area contributed by atoms with Crippen LogP contribution in [0.5, 0.6) is 0 Å². The van der Waals surface area contributed by atoms with E-state index < -0.39 is 0 Å². The smallest absolute Gasteiger partial charge is 0.316 e. The fourth-order valence-electron chi connectivity index (χ4n) is 2.62. The number of rotatable bonds is 4. The molecule has 1 aliphatic rings. The van der Waals surface area contributed by atoms with Crippen LogP contribution in [0.15, 0.2) is 36.8 Å². The van der Waals surface area contributed by atoms with E-state index in [0.717, 1.165) is 24.2 Å². The molecular weight excluding hydrogens is 306 g/mol. The van der Waals surface area contributed by atoms with E-state index in [1.807, 2.05) is 30.0 Å². The van der Waals surface area contributed by atoms with Crippen molar-refractivity contribution in [1.82, 2.24) is 29.5 Å². The summed E-state index contributed by atoms with van der Waals surface area (Å²) in [5.41, 5.74) is 1.64. The molecule has 8 heteroatoms. The monoisotopic (exact) mass is 323 g/mol. The van der Waals surface area contributed by atoms with Gasteiger partial charge < -0.3 is 4.90 Å². The Morgan fingerprint density at radius 2 is 2.25 bits per heavy atom. The first-order chi connectivity index (χ1) is 11.7. The second-order valence-corrected chi connectivity index (χ2v) is 5.86. The van der Waals surface area contributed by atoms with Crippen LogP contribution in [-0.4, -0.2) is 41.5 Å². The second-order valence-electron chi connectivity index (χ2n) is 5.86. The van der Waals surface area contributed by atoms with Gasteiger partial charge in [-0.15, -0.1) is 0 Å². The summed E-state index contributed by atoms with van der Waals surface area (Å²) in [7, 11) is 0. The minimum absolute atomic E-state index is 0.162. The molecule has 0 bridgehead atoms. The van der Waals surface area contributed by atoms with Crippen molar-refractivity contribution in [2.24, 2.45) is 0 Å². The van der Waals surface area contributed by atoms with Crippen molar-refractivity contribution >= 4 is 17.6 Å². The molecular formula is C16H17N7O. The van der Waals surface area contributed by atoms with E-state index in [4.69, 9.17) is 0 Å². The summed E-state index contributed by atoms with van der Waals surface area (Å²) < 4.78 is 1.52. The minimum Gasteiger partial charge on any atom is -0.316 e. The van der Waals surface area contributed by atoms with Gasteiger partial charge in [-0.05, 0) is 31.9 Å². The Morgan fingerprint density at radius 3 is 3.00 bits per heavy atom. The normalized spacial score (nSPS) is 13.9. The van der Waals surface area contributed by atoms with Crippen LogP contribution in [0.25, 0.3) is 5.78 Å². The van der Waals surface area contributed by atoms with E-state index >= 15 is 0 Å². The molecule has 0 aromatic carbocycles. The number of carbonyl (C=O) groups is 1. The number of hydrogen-bond donors (Lipinski definition) is 1. The Kier molecular flexibility index (Phi) is 3.56. The van der Waals surface area contributed by atoms with E-state index in [2.05, 4.69) is 25.4 Å². The first-order valence-corrected chi connectivity index (χ1v) is 7.85. The number of hydrogen-bond acceptors (Lipinski definition) is 5. The number of urea groups is 1. The van der Waals surface area contributed by atoms with Crippen molar-refractivity contribution in [3.05, 3.63) is 48.2 Å². The lowest BCUT2D eigenvalue weighted by molar-refractivity contribution is 0.205. The van der Waals surface area contributed by atoms with Crippen LogP contribution >= 0.6 is 0 Å². The Morgan fingerprint density at radius 1 is 1.38 bits per heavy atom. The topological polar surface area (TPSA) is 88.3 Å². The number of aromatic nitrogens is 5. The largest absolute Gasteiger partial charge is 0.323 e. The molecule has 0 unspecified atom stereocenters. The highest BCUT2D eigenvalue weighted by molar-refractivity contribution is 5.89. The molecule has 4 rings (SSSR count). The second kappa shape index (κ2) is 5.88. The quantitative estimate of drug-likeness (QED) is 0.793. The Labute approximate surface area is 138 Å². The van der Waals surface area contributed by atoms with Crippen LogP contribution in [0.2, 0.25) is 0 Å². The molecule has 3 aromatic rings. The summed E-state index contributed by atoms with van der Waals surface area (Å²) in [5.74, 6) is 1.03. The maximum absolute atomic E-state index is 12.8. The number of nitrogens with one attached hydrogen (secondary N) is 1. The molecule has 0 atom stereocenters. The highest BCUT2D eigenvalue weighted by Crippen LogP contribution is 2.28. The van der Waals surface area contributed by atoms with Crippen LogP contribution in [0.1, 0.15) is 24.2 Å². The van der Waals surface area contributed by atoms with E-state index in [1.54, 1.807) is 12.3 Å². The van der Waals surface area contributed by atoms with Crippen molar-refractivity contribution in [1.29, 1.82) is 0 Å². The summed E-state index contributed by atoms with van der Waals surface area (Å²) in [5, 5.41) is 7.05. The molecule has 1 aliphatic carbocycles. The van der Waals surface area contributed by atoms with Gasteiger partial charge in [0.15, 0.2) is 0 Å². The van der Waals surface area contributed by atoms with Gasteiger partial charge in [0.1, 0.15) is 12.1 Å². The standard InChI is InChI=1S/C16H17N7O/c1-11-8-14(23-15(20-11)18-10-19-23)21-16(24)22(13-5-6-13)9-12-4-2-3-7-17-12/h2-4,7-8,10,13H,5-6,9H2,1H3,(H,21,24). The number of nitrogens with zero attached hydrogens (tertiary/aromatic N) is 6. The zero-order valence-electron chi connectivity index (χ0n) is 13.3. The van der Waals surface area contributed by atoms with E-state index in [-0.39, 0.29) is 12.1 Å². The molecule has 0 saturated heterocycles. The SMILES string of the molecule is Cc1cc(NC(=O)N(Cc2ccccn2)C2CC2)n2ncnc2n1. The fraction of sp³-hybridized carbons (Fsp3) is 0.312. The molecule has 3 aromatic heterocycles. The van der Waals surface area contributed by atoms with E-state index in [0.29, 0.717) is 18.1 Å². The van der Waals surface area contributed by atoms with Gasteiger partial charge in [0.2, 0.25) is 0 Å². The molecule has 122 valence electrons. The lowest BCUT2D eigenvalue weighted by Gasteiger charge is -2.22. The van der Waals surface area contributed by atoms with E-state index in [1.165, 1.54) is 10.8 Å². The van der Waals surface area contributed by atoms with Crippen molar-refractivity contribution in [3.63, 3.8) is 0 Å². The summed E-state index contributed by atoms with van der Waals surface area (Å²) >= 11 is 0. The molecule has 1 fully saturated rings. The third kappa shape index (κ3) is 2.90. The Balaban J connectivity index is 1.58. The zero-order valence-corrected chi connectivity index (χ0v) is 13.3. The summed E-state index contributed by atoms with van der Waals surface area (Å²) in [6.07, 6.45) is 5.20. The summed E-state index contributed by atoms with van der Waals surface area (Å²) in [4.78, 5) is 27.3. The first kappa shape index (κ1) is 14.6. The van der Waals surface area contributed by atoms with Gasteiger partial charge in [-0.25, -0.2) is 9.78 Å². The van der Waals surface area contributed by atoms with Gasteiger partial charge in [0.25, 0.3) is 5.78 Å². The molecule has 0 aliphatic heterocycles. The predicted molar refractivity (Wildman–Crippen MR) is 87.3 cm³/mol. The molecule has 1 saturated carbocycles. The van der Waals surface area contributed by atoms with Crippen LogP contribution in [-0.2, 0) is 6.54 Å². The highest BCUT2D eigenvalue weighted by atomic mass is 16.2. The van der Waals surface area contributed by atoms with Crippen LogP contribution in [0.4, 0.5) is 10.6 Å². The molecule has 24 heavy (non-hydrogen) atoms. The number of amides is 2. The highest BCUT2D eigenvalue weighted by Gasteiger charge is 2.33. The van der Waals surface area contributed by atoms with Crippen LogP contribution < -0.4 is 5.32 Å². The number of anilines is 1. The maximum atomic E-state index is 12.8. The number of aryl methyl sites for hydroxylation is 1. The van der Waals surface area contributed by atoms with Crippen molar-refractivity contribution in [3.8, 4) is 0 Å². The minimum atomic E-state index is -0.162. The third-order valence-corrected chi connectivity index (χ3v) is 3.92. The molecule has 0 spiro atoms. The van der Waals surface area contributed by atoms with Crippen LogP contribution in [0, 0.1) is 6.92 Å². The first-order valence-electron chi connectivity index (χ1n) is 7.85. The predicted octanol–water partition coefficient (Wildman–Crippen LogP) is 2.02. The average Bonchev–Trinajstić information content (AvgIpc) is 3.31. The number of pyridine rings is 1. The third-order valence-electron chi connectivity index (χ3n) is 3.92. The average molecular weight is 323 g/mol. The lowest BCUT2D eigenvalue weighted by Crippen LogP contribution is -2.37. The molecule has 3 heterocycles. The Bertz CT molecular complexity index is 873. The Hall–Kier alpha value is -3.03. The molecule has 0 radical (unpaired) electrons. The molecule has 2 amide bonds. The maximum Gasteiger partial charge on any atom is 0.323 e. The van der Waals surface area contributed by atoms with Crippen molar-refractivity contribution in [2.75, 3.05) is 5.32 Å². The van der Waals surface area contributed by atoms with Gasteiger partial charge in [-0.3, -0.25) is 10.3 Å².